The second-order valence-electron chi connectivity index (χ2n) is 7.14. The van der Waals surface area contributed by atoms with Crippen molar-refractivity contribution in [3.05, 3.63) is 84.3 Å². The zero-order valence-corrected chi connectivity index (χ0v) is 16.2. The summed E-state index contributed by atoms with van der Waals surface area (Å²) in [6.07, 6.45) is 1.65. The highest BCUT2D eigenvalue weighted by Crippen LogP contribution is 2.21. The Labute approximate surface area is 173 Å². The minimum absolute atomic E-state index is 0.105. The van der Waals surface area contributed by atoms with Gasteiger partial charge in [0.25, 0.3) is 5.91 Å². The normalized spacial score (nSPS) is 15.8. The number of hydrogen-bond acceptors (Lipinski definition) is 4. The van der Waals surface area contributed by atoms with E-state index in [-0.39, 0.29) is 24.8 Å². The van der Waals surface area contributed by atoms with E-state index in [2.05, 4.69) is 10.9 Å². The lowest BCUT2D eigenvalue weighted by Crippen LogP contribution is -2.45. The van der Waals surface area contributed by atoms with Crippen LogP contribution in [0.5, 0.6) is 0 Å². The topological polar surface area (TPSA) is 91.7 Å². The zero-order valence-electron chi connectivity index (χ0n) is 16.2. The molecule has 7 heteroatoms. The third kappa shape index (κ3) is 4.41. The fraction of sp³-hybridized carbons (Fsp3) is 0.174. The van der Waals surface area contributed by atoms with Gasteiger partial charge in [0, 0.05) is 18.5 Å². The average molecular weight is 403 g/mol. The predicted octanol–water partition coefficient (Wildman–Crippen LogP) is 2.76. The molecule has 152 valence electrons. The van der Waals surface area contributed by atoms with Crippen LogP contribution in [0.25, 0.3) is 11.1 Å². The van der Waals surface area contributed by atoms with Crippen LogP contribution < -0.4 is 10.9 Å². The number of nitrogens with one attached hydrogen (secondary N) is 2. The molecule has 1 aliphatic rings. The van der Waals surface area contributed by atoms with Crippen molar-refractivity contribution in [2.75, 3.05) is 6.54 Å². The Balaban J connectivity index is 1.29. The van der Waals surface area contributed by atoms with Crippen LogP contribution in [0.3, 0.4) is 0 Å². The molecule has 4 rings (SSSR count). The van der Waals surface area contributed by atoms with Crippen LogP contribution in [0.15, 0.2) is 77.4 Å². The van der Waals surface area contributed by atoms with E-state index in [0.717, 1.165) is 11.1 Å². The molecular formula is C23H21N3O4. The zero-order chi connectivity index (χ0) is 20.9. The van der Waals surface area contributed by atoms with Crippen molar-refractivity contribution in [3.63, 3.8) is 0 Å². The summed E-state index contributed by atoms with van der Waals surface area (Å²) in [7, 11) is 0. The highest BCUT2D eigenvalue weighted by molar-refractivity contribution is 5.96. The van der Waals surface area contributed by atoms with Crippen molar-refractivity contribution in [3.8, 4) is 11.1 Å². The van der Waals surface area contributed by atoms with Crippen LogP contribution in [0.4, 0.5) is 0 Å². The smallest absolute Gasteiger partial charge is 0.269 e. The molecule has 0 radical (unpaired) electrons. The van der Waals surface area contributed by atoms with Crippen LogP contribution in [0, 0.1) is 5.92 Å². The van der Waals surface area contributed by atoms with Crippen molar-refractivity contribution in [2.24, 2.45) is 5.92 Å². The van der Waals surface area contributed by atoms with E-state index in [1.165, 1.54) is 0 Å². The average Bonchev–Trinajstić information content (AvgIpc) is 3.43. The summed E-state index contributed by atoms with van der Waals surface area (Å²) < 4.78 is 5.25. The Morgan fingerprint density at radius 2 is 1.67 bits per heavy atom. The Hall–Kier alpha value is -3.87. The number of carbonyl (C=O) groups is 3. The van der Waals surface area contributed by atoms with Gasteiger partial charge < -0.3 is 9.32 Å². The maximum atomic E-state index is 12.4. The van der Waals surface area contributed by atoms with Gasteiger partial charge in [0.2, 0.25) is 11.8 Å². The molecule has 3 aromatic rings. The van der Waals surface area contributed by atoms with E-state index in [0.29, 0.717) is 17.9 Å². The number of benzene rings is 2. The molecule has 30 heavy (non-hydrogen) atoms. The highest BCUT2D eigenvalue weighted by Gasteiger charge is 2.34. The second-order valence-corrected chi connectivity index (χ2v) is 7.14. The van der Waals surface area contributed by atoms with Crippen molar-refractivity contribution < 1.29 is 18.8 Å². The maximum Gasteiger partial charge on any atom is 0.269 e. The van der Waals surface area contributed by atoms with Crippen molar-refractivity contribution in [2.45, 2.75) is 13.0 Å². The SMILES string of the molecule is O=C(NNC(=O)C1CC(=O)N(Cc2ccco2)C1)c1ccc(-c2ccccc2)cc1. The van der Waals surface area contributed by atoms with Gasteiger partial charge in [0.05, 0.1) is 18.7 Å². The summed E-state index contributed by atoms with van der Waals surface area (Å²) in [6, 6.07) is 20.5. The lowest BCUT2D eigenvalue weighted by atomic mass is 10.0. The summed E-state index contributed by atoms with van der Waals surface area (Å²) in [6.45, 7) is 0.614. The number of hydrazine groups is 1. The number of likely N-dealkylation sites (tertiary alicyclic amines) is 1. The van der Waals surface area contributed by atoms with Gasteiger partial charge in [-0.15, -0.1) is 0 Å². The van der Waals surface area contributed by atoms with E-state index in [1.54, 1.807) is 35.4 Å². The van der Waals surface area contributed by atoms with Crippen LogP contribution in [0.1, 0.15) is 22.5 Å². The van der Waals surface area contributed by atoms with Gasteiger partial charge in [-0.1, -0.05) is 42.5 Å². The summed E-state index contributed by atoms with van der Waals surface area (Å²) in [4.78, 5) is 38.4. The molecule has 2 heterocycles. The van der Waals surface area contributed by atoms with E-state index in [9.17, 15) is 14.4 Å². The highest BCUT2D eigenvalue weighted by atomic mass is 16.3. The molecule has 0 aliphatic carbocycles. The molecule has 0 saturated carbocycles. The molecule has 1 unspecified atom stereocenters. The molecule has 1 aliphatic heterocycles. The van der Waals surface area contributed by atoms with Gasteiger partial charge in [0.15, 0.2) is 0 Å². The summed E-state index contributed by atoms with van der Waals surface area (Å²) in [5.74, 6) is -0.779. The van der Waals surface area contributed by atoms with Crippen molar-refractivity contribution in [1.82, 2.24) is 15.8 Å². The van der Waals surface area contributed by atoms with Gasteiger partial charge in [0.1, 0.15) is 5.76 Å². The lowest BCUT2D eigenvalue weighted by molar-refractivity contribution is -0.129. The molecule has 3 amide bonds. The first-order chi connectivity index (χ1) is 14.6. The van der Waals surface area contributed by atoms with Gasteiger partial charge in [-0.05, 0) is 35.4 Å². The monoisotopic (exact) mass is 403 g/mol. The molecule has 2 aromatic carbocycles. The Morgan fingerprint density at radius 1 is 0.933 bits per heavy atom. The quantitative estimate of drug-likeness (QED) is 0.641. The van der Waals surface area contributed by atoms with Gasteiger partial charge in [-0.25, -0.2) is 0 Å². The number of hydrogen-bond donors (Lipinski definition) is 2. The standard InChI is InChI=1S/C23H21N3O4/c27-21-13-19(14-26(21)15-20-7-4-12-30-20)23(29)25-24-22(28)18-10-8-17(9-11-18)16-5-2-1-3-6-16/h1-12,19H,13-15H2,(H,24,28)(H,25,29). The fourth-order valence-corrected chi connectivity index (χ4v) is 3.43. The summed E-state index contributed by atoms with van der Waals surface area (Å²) in [5, 5.41) is 0. The van der Waals surface area contributed by atoms with Crippen LogP contribution in [-0.4, -0.2) is 29.2 Å². The van der Waals surface area contributed by atoms with E-state index in [4.69, 9.17) is 4.42 Å². The number of carbonyl (C=O) groups excluding carboxylic acids is 3. The van der Waals surface area contributed by atoms with Crippen LogP contribution in [0.2, 0.25) is 0 Å². The lowest BCUT2D eigenvalue weighted by Gasteiger charge is -2.15. The number of amides is 3. The Kier molecular flexibility index (Phi) is 5.61. The Morgan fingerprint density at radius 3 is 2.37 bits per heavy atom. The minimum Gasteiger partial charge on any atom is -0.467 e. The van der Waals surface area contributed by atoms with Gasteiger partial charge in [-0.3, -0.25) is 25.2 Å². The van der Waals surface area contributed by atoms with E-state index < -0.39 is 11.8 Å². The Bertz CT molecular complexity index is 1030. The van der Waals surface area contributed by atoms with Crippen molar-refractivity contribution >= 4 is 17.7 Å². The first-order valence-corrected chi connectivity index (χ1v) is 9.66. The maximum absolute atomic E-state index is 12.4. The molecule has 1 fully saturated rings. The minimum atomic E-state index is -0.520. The van der Waals surface area contributed by atoms with E-state index in [1.807, 2.05) is 42.5 Å². The molecule has 1 aromatic heterocycles. The van der Waals surface area contributed by atoms with Gasteiger partial charge in [-0.2, -0.15) is 0 Å². The summed E-state index contributed by atoms with van der Waals surface area (Å²) >= 11 is 0. The first-order valence-electron chi connectivity index (χ1n) is 9.66. The molecule has 2 N–H and O–H groups in total. The molecule has 7 nitrogen and oxygen atoms in total. The largest absolute Gasteiger partial charge is 0.467 e. The van der Waals surface area contributed by atoms with Crippen LogP contribution >= 0.6 is 0 Å². The molecular weight excluding hydrogens is 382 g/mol. The third-order valence-corrected chi connectivity index (χ3v) is 5.07. The third-order valence-electron chi connectivity index (χ3n) is 5.07. The fourth-order valence-electron chi connectivity index (χ4n) is 3.43. The molecule has 0 spiro atoms. The van der Waals surface area contributed by atoms with Crippen molar-refractivity contribution in [1.29, 1.82) is 0 Å². The first kappa shape index (κ1) is 19.4. The molecule has 1 atom stereocenters. The molecule has 1 saturated heterocycles. The van der Waals surface area contributed by atoms with E-state index >= 15 is 0 Å². The van der Waals surface area contributed by atoms with Gasteiger partial charge >= 0.3 is 0 Å². The number of rotatable bonds is 5. The van der Waals surface area contributed by atoms with Crippen LogP contribution in [-0.2, 0) is 16.1 Å². The predicted molar refractivity (Wildman–Crippen MR) is 110 cm³/mol. The number of nitrogens with zero attached hydrogens (tertiary/aromatic N) is 1. The second kappa shape index (κ2) is 8.65. The summed E-state index contributed by atoms with van der Waals surface area (Å²) in [5.41, 5.74) is 7.33. The molecule has 0 bridgehead atoms. The number of furan rings is 1.